The lowest BCUT2D eigenvalue weighted by atomic mass is 10.5. The average Bonchev–Trinajstić information content (AvgIpc) is 2.47. The maximum atomic E-state index is 12.0. The monoisotopic (exact) mass is 224 g/mol. The number of hydrogen-bond acceptors (Lipinski definition) is 4. The van der Waals surface area contributed by atoms with Gasteiger partial charge in [-0.05, 0) is 0 Å². The van der Waals surface area contributed by atoms with Crippen molar-refractivity contribution in [3.05, 3.63) is 32.4 Å². The molecule has 76 valence electrons. The summed E-state index contributed by atoms with van der Waals surface area (Å²) < 4.78 is 36.0. The Bertz CT molecular complexity index is 371. The summed E-state index contributed by atoms with van der Waals surface area (Å²) in [5, 5.41) is 9.94. The fraction of sp³-hybridized carbons (Fsp3) is 0.167. The molecular weight excluding hydrogens is 221 g/mol. The van der Waals surface area contributed by atoms with E-state index in [0.29, 0.717) is 17.5 Å². The lowest BCUT2D eigenvalue weighted by Gasteiger charge is -1.98. The third-order valence-corrected chi connectivity index (χ3v) is 2.04. The van der Waals surface area contributed by atoms with Crippen LogP contribution in [0.1, 0.15) is 10.7 Å². The first-order valence-electron chi connectivity index (χ1n) is 3.24. The van der Waals surface area contributed by atoms with Gasteiger partial charge in [-0.1, -0.05) is 0 Å². The third kappa shape index (κ3) is 2.80. The minimum absolute atomic E-state index is 0.0703. The van der Waals surface area contributed by atoms with Crippen molar-refractivity contribution >= 4 is 17.4 Å². The highest BCUT2D eigenvalue weighted by Gasteiger charge is 2.34. The molecule has 0 aromatic carbocycles. The van der Waals surface area contributed by atoms with Crippen LogP contribution in [0, 0.1) is 10.1 Å². The molecule has 0 unspecified atom stereocenters. The van der Waals surface area contributed by atoms with Crippen LogP contribution < -0.4 is 0 Å². The van der Waals surface area contributed by atoms with Crippen molar-refractivity contribution in [3.8, 4) is 0 Å². The number of nitrogens with zero attached hydrogens (tertiary/aromatic N) is 2. The van der Waals surface area contributed by atoms with E-state index in [-0.39, 0.29) is 5.69 Å². The molecule has 1 aromatic rings. The van der Waals surface area contributed by atoms with Crippen molar-refractivity contribution in [2.75, 3.05) is 0 Å². The van der Waals surface area contributed by atoms with Crippen LogP contribution in [0.4, 0.5) is 13.2 Å². The number of alkyl halides is 3. The summed E-state index contributed by atoms with van der Waals surface area (Å²) in [6.45, 7) is 0. The molecule has 1 rings (SSSR count). The van der Waals surface area contributed by atoms with E-state index >= 15 is 0 Å². The van der Waals surface area contributed by atoms with Crippen LogP contribution in [0.15, 0.2) is 11.6 Å². The van der Waals surface area contributed by atoms with Crippen LogP contribution in [-0.4, -0.2) is 9.91 Å². The lowest BCUT2D eigenvalue weighted by molar-refractivity contribution is -0.401. The molecule has 0 bridgehead atoms. The summed E-state index contributed by atoms with van der Waals surface area (Å²) >= 11 is 0.398. The molecule has 0 fully saturated rings. The molecule has 0 atom stereocenters. The third-order valence-electron chi connectivity index (χ3n) is 1.13. The van der Waals surface area contributed by atoms with E-state index < -0.39 is 16.1 Å². The highest BCUT2D eigenvalue weighted by molar-refractivity contribution is 7.09. The van der Waals surface area contributed by atoms with Crippen molar-refractivity contribution < 1.29 is 18.1 Å². The van der Waals surface area contributed by atoms with Crippen molar-refractivity contribution in [2.45, 2.75) is 6.18 Å². The standard InChI is InChI=1S/C6H3F3N2O2S/c7-6(8,9)5-10-4(3-14-5)1-2-11(12)13/h1-3H/b2-1+. The Labute approximate surface area is 79.8 Å². The van der Waals surface area contributed by atoms with Gasteiger partial charge in [0.15, 0.2) is 5.01 Å². The predicted octanol–water partition coefficient (Wildman–Crippen LogP) is 2.41. The minimum Gasteiger partial charge on any atom is -0.259 e. The normalized spacial score (nSPS) is 12.2. The van der Waals surface area contributed by atoms with Gasteiger partial charge in [0.25, 0.3) is 0 Å². The Morgan fingerprint density at radius 3 is 2.64 bits per heavy atom. The Morgan fingerprint density at radius 1 is 1.57 bits per heavy atom. The Hall–Kier alpha value is -1.44. The molecule has 0 spiro atoms. The zero-order valence-electron chi connectivity index (χ0n) is 6.49. The molecule has 0 amide bonds. The summed E-state index contributed by atoms with van der Waals surface area (Å²) in [5.74, 6) is 0. The topological polar surface area (TPSA) is 56.0 Å². The van der Waals surface area contributed by atoms with Gasteiger partial charge in [-0.25, -0.2) is 4.98 Å². The second kappa shape index (κ2) is 3.74. The second-order valence-corrected chi connectivity index (χ2v) is 3.03. The Morgan fingerprint density at radius 2 is 2.21 bits per heavy atom. The zero-order chi connectivity index (χ0) is 10.8. The first-order valence-corrected chi connectivity index (χ1v) is 4.12. The first kappa shape index (κ1) is 10.6. The highest BCUT2D eigenvalue weighted by atomic mass is 32.1. The maximum Gasteiger partial charge on any atom is 0.443 e. The number of hydrogen-bond donors (Lipinski definition) is 0. The number of rotatable bonds is 2. The van der Waals surface area contributed by atoms with E-state index in [1.54, 1.807) is 0 Å². The summed E-state index contributed by atoms with van der Waals surface area (Å²) in [4.78, 5) is 12.2. The highest BCUT2D eigenvalue weighted by Crippen LogP contribution is 2.31. The molecule has 0 aliphatic rings. The molecule has 0 saturated heterocycles. The average molecular weight is 224 g/mol. The van der Waals surface area contributed by atoms with Gasteiger partial charge in [-0.15, -0.1) is 11.3 Å². The number of thiazole rings is 1. The first-order chi connectivity index (χ1) is 6.39. The van der Waals surface area contributed by atoms with Crippen LogP contribution in [-0.2, 0) is 6.18 Å². The van der Waals surface area contributed by atoms with E-state index in [1.807, 2.05) is 0 Å². The van der Waals surface area contributed by atoms with Crippen molar-refractivity contribution in [2.24, 2.45) is 0 Å². The van der Waals surface area contributed by atoms with E-state index in [0.717, 1.165) is 11.5 Å². The van der Waals surface area contributed by atoms with Crippen molar-refractivity contribution in [1.82, 2.24) is 4.98 Å². The second-order valence-electron chi connectivity index (χ2n) is 2.18. The van der Waals surface area contributed by atoms with Gasteiger partial charge in [0, 0.05) is 11.5 Å². The fourth-order valence-corrected chi connectivity index (χ4v) is 1.29. The summed E-state index contributed by atoms with van der Waals surface area (Å²) in [6.07, 6.45) is -3.05. The smallest absolute Gasteiger partial charge is 0.259 e. The lowest BCUT2D eigenvalue weighted by Crippen LogP contribution is -2.03. The summed E-state index contributed by atoms with van der Waals surface area (Å²) in [5.41, 5.74) is -0.0703. The Kier molecular flexibility index (Phi) is 2.84. The molecule has 0 aliphatic carbocycles. The van der Waals surface area contributed by atoms with Gasteiger partial charge in [-0.3, -0.25) is 10.1 Å². The molecule has 8 heteroatoms. The summed E-state index contributed by atoms with van der Waals surface area (Å²) in [6, 6.07) is 0. The molecule has 1 aromatic heterocycles. The number of halogens is 3. The molecule has 0 saturated carbocycles. The van der Waals surface area contributed by atoms with Gasteiger partial charge in [0.2, 0.25) is 6.20 Å². The molecule has 0 radical (unpaired) electrons. The van der Waals surface area contributed by atoms with Gasteiger partial charge >= 0.3 is 6.18 Å². The van der Waals surface area contributed by atoms with Crippen LogP contribution >= 0.6 is 11.3 Å². The van der Waals surface area contributed by atoms with Gasteiger partial charge in [0.05, 0.1) is 10.6 Å². The van der Waals surface area contributed by atoms with Crippen LogP contribution in [0.3, 0.4) is 0 Å². The molecule has 1 heterocycles. The van der Waals surface area contributed by atoms with Gasteiger partial charge in [0.1, 0.15) is 0 Å². The van der Waals surface area contributed by atoms with Crippen LogP contribution in [0.2, 0.25) is 0 Å². The molecule has 14 heavy (non-hydrogen) atoms. The van der Waals surface area contributed by atoms with E-state index in [1.165, 1.54) is 0 Å². The predicted molar refractivity (Wildman–Crippen MR) is 43.1 cm³/mol. The zero-order valence-corrected chi connectivity index (χ0v) is 7.30. The molecule has 4 nitrogen and oxygen atoms in total. The minimum atomic E-state index is -4.49. The fourth-order valence-electron chi connectivity index (χ4n) is 0.630. The number of nitro groups is 1. The van der Waals surface area contributed by atoms with E-state index in [2.05, 4.69) is 4.98 Å². The van der Waals surface area contributed by atoms with E-state index in [4.69, 9.17) is 0 Å². The SMILES string of the molecule is O=[N+]([O-])/C=C/c1csc(C(F)(F)F)n1. The van der Waals surface area contributed by atoms with Gasteiger partial charge < -0.3 is 0 Å². The largest absolute Gasteiger partial charge is 0.443 e. The van der Waals surface area contributed by atoms with Crippen molar-refractivity contribution in [3.63, 3.8) is 0 Å². The summed E-state index contributed by atoms with van der Waals surface area (Å²) in [7, 11) is 0. The number of aromatic nitrogens is 1. The van der Waals surface area contributed by atoms with E-state index in [9.17, 15) is 23.3 Å². The van der Waals surface area contributed by atoms with Crippen LogP contribution in [0.25, 0.3) is 6.08 Å². The maximum absolute atomic E-state index is 12.0. The van der Waals surface area contributed by atoms with Crippen LogP contribution in [0.5, 0.6) is 0 Å². The quantitative estimate of drug-likeness (QED) is 0.572. The molecule has 0 N–H and O–H groups in total. The molecule has 0 aliphatic heterocycles. The van der Waals surface area contributed by atoms with Gasteiger partial charge in [-0.2, -0.15) is 13.2 Å². The van der Waals surface area contributed by atoms with Crippen molar-refractivity contribution in [1.29, 1.82) is 0 Å². The molecular formula is C6H3F3N2O2S. The Balaban J connectivity index is 2.84.